The molecule has 1 aliphatic rings. The number of halogens is 1. The number of benzene rings is 1. The number of amides is 1. The van der Waals surface area contributed by atoms with Gasteiger partial charge in [0.1, 0.15) is 0 Å². The summed E-state index contributed by atoms with van der Waals surface area (Å²) in [7, 11) is 0. The van der Waals surface area contributed by atoms with Crippen LogP contribution < -0.4 is 5.32 Å². The molecule has 1 aromatic heterocycles. The maximum absolute atomic E-state index is 12.0. The Morgan fingerprint density at radius 3 is 2.80 bits per heavy atom. The van der Waals surface area contributed by atoms with Crippen molar-refractivity contribution >= 4 is 62.2 Å². The molecule has 2 heterocycles. The minimum atomic E-state index is -0.432. The number of thiophene rings is 1. The Hall–Kier alpha value is -1.74. The number of nitro groups is 1. The molecule has 0 aliphatic carbocycles. The lowest BCUT2D eigenvalue weighted by molar-refractivity contribution is -0.380. The largest absolute Gasteiger partial charge is 0.324 e. The van der Waals surface area contributed by atoms with E-state index in [1.54, 1.807) is 12.1 Å². The first-order valence-corrected chi connectivity index (χ1v) is 7.51. The molecule has 0 spiro atoms. The van der Waals surface area contributed by atoms with Gasteiger partial charge in [0.05, 0.1) is 10.5 Å². The van der Waals surface area contributed by atoms with Crippen molar-refractivity contribution in [2.75, 3.05) is 5.32 Å². The average Bonchev–Trinajstić information content (AvgIpc) is 2.97. The second kappa shape index (κ2) is 4.98. The van der Waals surface area contributed by atoms with E-state index in [0.29, 0.717) is 10.5 Å². The quantitative estimate of drug-likeness (QED) is 0.363. The van der Waals surface area contributed by atoms with Crippen LogP contribution in [0, 0.1) is 13.7 Å². The summed E-state index contributed by atoms with van der Waals surface area (Å²) in [5, 5.41) is 13.5. The molecule has 1 N–H and O–H groups in total. The highest BCUT2D eigenvalue weighted by atomic mass is 127. The third-order valence-corrected chi connectivity index (χ3v) is 4.50. The molecule has 20 heavy (non-hydrogen) atoms. The van der Waals surface area contributed by atoms with Crippen molar-refractivity contribution in [3.05, 3.63) is 54.5 Å². The van der Waals surface area contributed by atoms with Crippen molar-refractivity contribution in [2.45, 2.75) is 0 Å². The summed E-state index contributed by atoms with van der Waals surface area (Å²) < 4.78 is 1.03. The van der Waals surface area contributed by atoms with Crippen LogP contribution in [0.1, 0.15) is 10.4 Å². The first kappa shape index (κ1) is 13.3. The van der Waals surface area contributed by atoms with Gasteiger partial charge in [0, 0.05) is 25.8 Å². The summed E-state index contributed by atoms with van der Waals surface area (Å²) in [6, 6.07) is 8.78. The van der Waals surface area contributed by atoms with E-state index < -0.39 is 4.92 Å². The fourth-order valence-corrected chi connectivity index (χ4v) is 3.22. The Labute approximate surface area is 131 Å². The summed E-state index contributed by atoms with van der Waals surface area (Å²) in [5.74, 6) is -0.182. The van der Waals surface area contributed by atoms with E-state index in [9.17, 15) is 14.9 Å². The lowest BCUT2D eigenvalue weighted by Gasteiger charge is -1.98. The van der Waals surface area contributed by atoms with Crippen LogP contribution in [0.15, 0.2) is 30.3 Å². The molecule has 0 atom stereocenters. The minimum Gasteiger partial charge on any atom is -0.321 e. The first-order valence-electron chi connectivity index (χ1n) is 5.62. The molecule has 0 unspecified atom stereocenters. The molecule has 100 valence electrons. The maximum Gasteiger partial charge on any atom is 0.324 e. The highest BCUT2D eigenvalue weighted by Gasteiger charge is 2.24. The van der Waals surface area contributed by atoms with Gasteiger partial charge in [-0.25, -0.2) is 0 Å². The molecule has 1 aliphatic heterocycles. The van der Waals surface area contributed by atoms with E-state index in [4.69, 9.17) is 0 Å². The summed E-state index contributed by atoms with van der Waals surface area (Å²) in [5.41, 5.74) is 2.14. The topological polar surface area (TPSA) is 72.2 Å². The lowest BCUT2D eigenvalue weighted by Crippen LogP contribution is -2.03. The smallest absolute Gasteiger partial charge is 0.321 e. The zero-order valence-corrected chi connectivity index (χ0v) is 12.9. The third kappa shape index (κ3) is 2.34. The highest BCUT2D eigenvalue weighted by Crippen LogP contribution is 2.35. The molecule has 0 radical (unpaired) electrons. The summed E-state index contributed by atoms with van der Waals surface area (Å²) >= 11 is 3.23. The van der Waals surface area contributed by atoms with Gasteiger partial charge in [-0.3, -0.25) is 14.9 Å². The van der Waals surface area contributed by atoms with Gasteiger partial charge in [0.2, 0.25) is 0 Å². The van der Waals surface area contributed by atoms with Crippen LogP contribution in [0.2, 0.25) is 0 Å². The number of hydrogen-bond acceptors (Lipinski definition) is 4. The SMILES string of the molecule is O=C1Nc2ccc(I)cc2C1=Cc1ccc([N+](=O)[O-])s1. The second-order valence-corrected chi connectivity index (χ2v) is 6.47. The van der Waals surface area contributed by atoms with E-state index in [1.165, 1.54) is 6.07 Å². The van der Waals surface area contributed by atoms with Gasteiger partial charge < -0.3 is 5.32 Å². The van der Waals surface area contributed by atoms with Crippen molar-refractivity contribution in [3.63, 3.8) is 0 Å². The second-order valence-electron chi connectivity index (χ2n) is 4.14. The molecular formula is C13H7IN2O3S. The summed E-state index contributed by atoms with van der Waals surface area (Å²) in [6.07, 6.45) is 1.69. The number of nitrogens with zero attached hydrogens (tertiary/aromatic N) is 1. The zero-order valence-electron chi connectivity index (χ0n) is 9.92. The first-order chi connectivity index (χ1) is 9.54. The monoisotopic (exact) mass is 398 g/mol. The molecule has 0 saturated heterocycles. The molecular weight excluding hydrogens is 391 g/mol. The van der Waals surface area contributed by atoms with Crippen molar-refractivity contribution in [1.82, 2.24) is 0 Å². The lowest BCUT2D eigenvalue weighted by atomic mass is 10.1. The van der Waals surface area contributed by atoms with E-state index in [-0.39, 0.29) is 10.9 Å². The highest BCUT2D eigenvalue weighted by molar-refractivity contribution is 14.1. The van der Waals surface area contributed by atoms with E-state index >= 15 is 0 Å². The summed E-state index contributed by atoms with van der Waals surface area (Å²) in [4.78, 5) is 22.9. The van der Waals surface area contributed by atoms with Gasteiger partial charge in [0.15, 0.2) is 0 Å². The van der Waals surface area contributed by atoms with Crippen LogP contribution in [0.25, 0.3) is 11.6 Å². The average molecular weight is 398 g/mol. The molecule has 7 heteroatoms. The van der Waals surface area contributed by atoms with Gasteiger partial charge >= 0.3 is 5.00 Å². The Morgan fingerprint density at radius 1 is 1.30 bits per heavy atom. The van der Waals surface area contributed by atoms with Crippen molar-refractivity contribution in [2.24, 2.45) is 0 Å². The van der Waals surface area contributed by atoms with Gasteiger partial charge in [-0.05, 0) is 52.9 Å². The molecule has 1 aromatic carbocycles. The molecule has 0 fully saturated rings. The number of rotatable bonds is 2. The molecule has 1 amide bonds. The van der Waals surface area contributed by atoms with Crippen LogP contribution in [-0.2, 0) is 4.79 Å². The molecule has 0 bridgehead atoms. The predicted octanol–water partition coefficient (Wildman–Crippen LogP) is 3.75. The fourth-order valence-electron chi connectivity index (χ4n) is 1.96. The predicted molar refractivity (Wildman–Crippen MR) is 86.6 cm³/mol. The van der Waals surface area contributed by atoms with E-state index in [0.717, 1.165) is 26.2 Å². The van der Waals surface area contributed by atoms with Crippen LogP contribution in [-0.4, -0.2) is 10.8 Å². The number of fused-ring (bicyclic) bond motifs is 1. The fraction of sp³-hybridized carbons (Fsp3) is 0. The molecule has 0 saturated carbocycles. The minimum absolute atomic E-state index is 0.0677. The standard InChI is InChI=1S/C13H7IN2O3S/c14-7-1-3-11-9(5-7)10(13(17)15-11)6-8-2-4-12(20-8)16(18)19/h1-6H,(H,15,17). The van der Waals surface area contributed by atoms with E-state index in [1.807, 2.05) is 18.2 Å². The number of nitrogens with one attached hydrogen (secondary N) is 1. The number of carbonyl (C=O) groups is 1. The number of anilines is 1. The van der Waals surface area contributed by atoms with Gasteiger partial charge in [-0.15, -0.1) is 0 Å². The van der Waals surface area contributed by atoms with Crippen LogP contribution in [0.5, 0.6) is 0 Å². The zero-order chi connectivity index (χ0) is 14.3. The van der Waals surface area contributed by atoms with Gasteiger partial charge in [-0.1, -0.05) is 11.3 Å². The van der Waals surface area contributed by atoms with E-state index in [2.05, 4.69) is 27.9 Å². The Bertz CT molecular complexity index is 767. The van der Waals surface area contributed by atoms with Crippen molar-refractivity contribution in [1.29, 1.82) is 0 Å². The van der Waals surface area contributed by atoms with Gasteiger partial charge in [0.25, 0.3) is 5.91 Å². The van der Waals surface area contributed by atoms with Crippen LogP contribution in [0.4, 0.5) is 10.7 Å². The normalized spacial score (nSPS) is 15.2. The number of hydrogen-bond donors (Lipinski definition) is 1. The van der Waals surface area contributed by atoms with Crippen LogP contribution in [0.3, 0.4) is 0 Å². The summed E-state index contributed by atoms with van der Waals surface area (Å²) in [6.45, 7) is 0. The third-order valence-electron chi connectivity index (χ3n) is 2.84. The molecule has 3 rings (SSSR count). The number of carbonyl (C=O) groups excluding carboxylic acids is 1. The Balaban J connectivity index is 2.05. The Morgan fingerprint density at radius 2 is 2.10 bits per heavy atom. The molecule has 5 nitrogen and oxygen atoms in total. The van der Waals surface area contributed by atoms with Crippen molar-refractivity contribution in [3.8, 4) is 0 Å². The maximum atomic E-state index is 12.0. The molecule has 2 aromatic rings. The van der Waals surface area contributed by atoms with Gasteiger partial charge in [-0.2, -0.15) is 0 Å². The van der Waals surface area contributed by atoms with Crippen molar-refractivity contribution < 1.29 is 9.72 Å². The van der Waals surface area contributed by atoms with Crippen LogP contribution >= 0.6 is 33.9 Å². The Kier molecular flexibility index (Phi) is 3.30.